The molecule has 0 aliphatic carbocycles. The highest BCUT2D eigenvalue weighted by molar-refractivity contribution is 9.10. The molecule has 23 heavy (non-hydrogen) atoms. The Kier molecular flexibility index (Phi) is 9.30. The summed E-state index contributed by atoms with van der Waals surface area (Å²) in [6.45, 7) is 8.53. The molecular formula is C17H27BrNO3P. The maximum absolute atomic E-state index is 13.2. The number of hydrogen-bond acceptors (Lipinski definition) is 4. The zero-order chi connectivity index (χ0) is 17.3. The van der Waals surface area contributed by atoms with Gasteiger partial charge in [0.2, 0.25) is 0 Å². The fourth-order valence-electron chi connectivity index (χ4n) is 2.23. The van der Waals surface area contributed by atoms with Crippen LogP contribution >= 0.6 is 23.5 Å². The summed E-state index contributed by atoms with van der Waals surface area (Å²) in [6.07, 6.45) is 3.90. The molecule has 0 radical (unpaired) electrons. The second-order valence-electron chi connectivity index (χ2n) is 5.18. The van der Waals surface area contributed by atoms with Crippen LogP contribution in [0, 0.1) is 5.92 Å². The second kappa shape index (κ2) is 10.4. The number of hydrogen-bond donors (Lipinski definition) is 0. The van der Waals surface area contributed by atoms with Crippen molar-refractivity contribution in [3.63, 3.8) is 0 Å². The van der Waals surface area contributed by atoms with Gasteiger partial charge in [-0.05, 0) is 50.3 Å². The van der Waals surface area contributed by atoms with Gasteiger partial charge in [0.25, 0.3) is 0 Å². The van der Waals surface area contributed by atoms with Gasteiger partial charge >= 0.3 is 7.60 Å². The summed E-state index contributed by atoms with van der Waals surface area (Å²) in [7, 11) is -3.36. The minimum absolute atomic E-state index is 0.324. The summed E-state index contributed by atoms with van der Waals surface area (Å²) in [5.74, 6) is -0.263. The van der Waals surface area contributed by atoms with E-state index in [9.17, 15) is 4.57 Å². The van der Waals surface area contributed by atoms with Gasteiger partial charge in [0.1, 0.15) is 0 Å². The molecule has 1 rings (SSSR count). The molecule has 0 saturated heterocycles. The second-order valence-corrected chi connectivity index (χ2v) is 8.18. The van der Waals surface area contributed by atoms with Gasteiger partial charge < -0.3 is 9.05 Å². The number of nitrogens with zero attached hydrogens (tertiary/aromatic N) is 1. The Morgan fingerprint density at radius 2 is 1.61 bits per heavy atom. The van der Waals surface area contributed by atoms with Gasteiger partial charge in [-0.2, -0.15) is 0 Å². The Balaban J connectivity index is 3.23. The van der Waals surface area contributed by atoms with Crippen LogP contribution in [-0.4, -0.2) is 19.4 Å². The molecule has 0 aliphatic rings. The third-order valence-electron chi connectivity index (χ3n) is 3.57. The van der Waals surface area contributed by atoms with Crippen molar-refractivity contribution in [2.45, 2.75) is 46.3 Å². The predicted molar refractivity (Wildman–Crippen MR) is 100 cm³/mol. The number of rotatable bonds is 10. The molecule has 6 heteroatoms. The summed E-state index contributed by atoms with van der Waals surface area (Å²) in [5.41, 5.74) is 0.834. The standard InChI is InChI=1S/C17H27BrNO3P/c1-5-14(6-2)13-19-17(15-9-11-16(18)12-10-15)23(20,21-7-3)22-8-4/h9-14,17H,5-8H2,1-4H3/b19-13+. The molecule has 1 unspecified atom stereocenters. The highest BCUT2D eigenvalue weighted by Crippen LogP contribution is 2.61. The fraction of sp³-hybridized carbons (Fsp3) is 0.588. The van der Waals surface area contributed by atoms with Crippen LogP contribution in [0.15, 0.2) is 33.7 Å². The van der Waals surface area contributed by atoms with E-state index >= 15 is 0 Å². The molecule has 0 N–H and O–H groups in total. The molecular weight excluding hydrogens is 377 g/mol. The SMILES string of the molecule is CCOP(=O)(OCC)C(/N=C/C(CC)CC)c1ccc(Br)cc1. The van der Waals surface area contributed by atoms with Crippen LogP contribution in [0.1, 0.15) is 51.9 Å². The smallest absolute Gasteiger partial charge is 0.307 e. The van der Waals surface area contributed by atoms with Crippen LogP contribution < -0.4 is 0 Å². The van der Waals surface area contributed by atoms with Crippen molar-refractivity contribution in [3.05, 3.63) is 34.3 Å². The molecule has 0 bridgehead atoms. The largest absolute Gasteiger partial charge is 0.359 e. The zero-order valence-corrected chi connectivity index (χ0v) is 16.8. The highest BCUT2D eigenvalue weighted by Gasteiger charge is 2.36. The monoisotopic (exact) mass is 403 g/mol. The number of benzene rings is 1. The Hall–Kier alpha value is -0.480. The van der Waals surface area contributed by atoms with E-state index < -0.39 is 13.4 Å². The van der Waals surface area contributed by atoms with Crippen molar-refractivity contribution in [2.24, 2.45) is 10.9 Å². The van der Waals surface area contributed by atoms with Gasteiger partial charge in [0.15, 0.2) is 5.78 Å². The third kappa shape index (κ3) is 6.15. The van der Waals surface area contributed by atoms with E-state index in [4.69, 9.17) is 9.05 Å². The minimum atomic E-state index is -3.36. The quantitative estimate of drug-likeness (QED) is 0.344. The Morgan fingerprint density at radius 1 is 1.09 bits per heavy atom. The Morgan fingerprint density at radius 3 is 2.04 bits per heavy atom. The molecule has 0 aromatic heterocycles. The first-order chi connectivity index (χ1) is 11.0. The first-order valence-corrected chi connectivity index (χ1v) is 10.6. The summed E-state index contributed by atoms with van der Waals surface area (Å²) < 4.78 is 25.2. The Bertz CT molecular complexity index is 519. The maximum Gasteiger partial charge on any atom is 0.359 e. The van der Waals surface area contributed by atoms with Crippen LogP contribution in [0.4, 0.5) is 0 Å². The van der Waals surface area contributed by atoms with Gasteiger partial charge in [0.05, 0.1) is 13.2 Å². The summed E-state index contributed by atoms with van der Waals surface area (Å²) in [5, 5.41) is 0. The first kappa shape index (κ1) is 20.6. The normalized spacial score (nSPS) is 13.8. The summed E-state index contributed by atoms with van der Waals surface area (Å²) >= 11 is 3.42. The van der Waals surface area contributed by atoms with Crippen molar-refractivity contribution in [1.29, 1.82) is 0 Å². The van der Waals surface area contributed by atoms with E-state index in [1.807, 2.05) is 44.3 Å². The van der Waals surface area contributed by atoms with Crippen LogP contribution in [-0.2, 0) is 13.6 Å². The average molecular weight is 404 g/mol. The predicted octanol–water partition coefficient (Wildman–Crippen LogP) is 6.22. The van der Waals surface area contributed by atoms with Crippen LogP contribution in [0.5, 0.6) is 0 Å². The minimum Gasteiger partial charge on any atom is -0.307 e. The van der Waals surface area contributed by atoms with Crippen LogP contribution in [0.2, 0.25) is 0 Å². The molecule has 0 heterocycles. The van der Waals surface area contributed by atoms with Crippen molar-refractivity contribution in [1.82, 2.24) is 0 Å². The fourth-order valence-corrected chi connectivity index (χ4v) is 4.34. The molecule has 0 amide bonds. The van der Waals surface area contributed by atoms with Crippen LogP contribution in [0.3, 0.4) is 0 Å². The summed E-state index contributed by atoms with van der Waals surface area (Å²) in [6, 6.07) is 7.64. The van der Waals surface area contributed by atoms with E-state index in [0.717, 1.165) is 22.9 Å². The van der Waals surface area contributed by atoms with Gasteiger partial charge in [-0.3, -0.25) is 9.56 Å². The Labute approximate surface area is 148 Å². The lowest BCUT2D eigenvalue weighted by Crippen LogP contribution is -2.07. The van der Waals surface area contributed by atoms with Crippen molar-refractivity contribution < 1.29 is 13.6 Å². The number of aliphatic imine (C=N–C) groups is 1. The average Bonchev–Trinajstić information content (AvgIpc) is 2.53. The summed E-state index contributed by atoms with van der Waals surface area (Å²) in [4.78, 5) is 4.62. The molecule has 0 aliphatic heterocycles. The molecule has 0 saturated carbocycles. The van der Waals surface area contributed by atoms with E-state index in [0.29, 0.717) is 19.1 Å². The van der Waals surface area contributed by atoms with Gasteiger partial charge in [-0.1, -0.05) is 41.9 Å². The topological polar surface area (TPSA) is 47.9 Å². The molecule has 1 aromatic rings. The molecule has 0 fully saturated rings. The lowest BCUT2D eigenvalue weighted by Gasteiger charge is -2.24. The molecule has 130 valence electrons. The van der Waals surface area contributed by atoms with E-state index in [1.165, 1.54) is 0 Å². The van der Waals surface area contributed by atoms with E-state index in [-0.39, 0.29) is 0 Å². The van der Waals surface area contributed by atoms with Gasteiger partial charge in [-0.25, -0.2) is 0 Å². The van der Waals surface area contributed by atoms with Gasteiger partial charge in [0, 0.05) is 10.7 Å². The van der Waals surface area contributed by atoms with Gasteiger partial charge in [-0.15, -0.1) is 0 Å². The molecule has 4 nitrogen and oxygen atoms in total. The highest BCUT2D eigenvalue weighted by atomic mass is 79.9. The maximum atomic E-state index is 13.2. The molecule has 1 atom stereocenters. The van der Waals surface area contributed by atoms with Crippen molar-refractivity contribution in [2.75, 3.05) is 13.2 Å². The van der Waals surface area contributed by atoms with Crippen molar-refractivity contribution >= 4 is 29.7 Å². The van der Waals surface area contributed by atoms with Crippen LogP contribution in [0.25, 0.3) is 0 Å². The lowest BCUT2D eigenvalue weighted by atomic mass is 10.1. The van der Waals surface area contributed by atoms with E-state index in [2.05, 4.69) is 34.8 Å². The van der Waals surface area contributed by atoms with E-state index in [1.54, 1.807) is 0 Å². The number of halogens is 1. The zero-order valence-electron chi connectivity index (χ0n) is 14.4. The first-order valence-electron chi connectivity index (χ1n) is 8.18. The third-order valence-corrected chi connectivity index (χ3v) is 6.37. The lowest BCUT2D eigenvalue weighted by molar-refractivity contribution is 0.212. The van der Waals surface area contributed by atoms with Crippen molar-refractivity contribution in [3.8, 4) is 0 Å². The molecule has 1 aromatic carbocycles. The molecule has 0 spiro atoms.